The average molecular weight is 499 g/mol. The molecule has 1 N–H and O–H groups in total. The standard InChI is InChI=1S/C25H23ClN2O5S/c1-32-19-11-12-23(33-2)21(13-19)27-25(29)15-28-14-24(20-5-3-4-6-22(20)28)34(30,31)16-17-7-9-18(26)10-8-17/h3-14H,15-16H2,1-2H3,(H,27,29). The first-order valence-corrected chi connectivity index (χ1v) is 12.4. The maximum Gasteiger partial charge on any atom is 0.244 e. The van der Waals surface area contributed by atoms with Crippen LogP contribution in [0.25, 0.3) is 10.9 Å². The lowest BCUT2D eigenvalue weighted by Gasteiger charge is -2.12. The Labute approximate surface area is 202 Å². The lowest BCUT2D eigenvalue weighted by Crippen LogP contribution is -2.18. The molecule has 0 spiro atoms. The summed E-state index contributed by atoms with van der Waals surface area (Å²) < 4.78 is 38.7. The first kappa shape index (κ1) is 23.7. The first-order valence-electron chi connectivity index (χ1n) is 10.4. The zero-order valence-electron chi connectivity index (χ0n) is 18.6. The summed E-state index contributed by atoms with van der Waals surface area (Å²) in [5.41, 5.74) is 1.73. The molecule has 0 fully saturated rings. The number of carbonyl (C=O) groups is 1. The number of amides is 1. The fourth-order valence-electron chi connectivity index (χ4n) is 3.73. The van der Waals surface area contributed by atoms with E-state index in [4.69, 9.17) is 21.1 Å². The highest BCUT2D eigenvalue weighted by Crippen LogP contribution is 2.30. The van der Waals surface area contributed by atoms with Crippen molar-refractivity contribution in [2.24, 2.45) is 0 Å². The zero-order valence-corrected chi connectivity index (χ0v) is 20.2. The fraction of sp³-hybridized carbons (Fsp3) is 0.160. The number of carbonyl (C=O) groups excluding carboxylic acids is 1. The van der Waals surface area contributed by atoms with Gasteiger partial charge in [-0.05, 0) is 35.9 Å². The van der Waals surface area contributed by atoms with Crippen molar-refractivity contribution in [3.8, 4) is 11.5 Å². The molecule has 0 unspecified atom stereocenters. The minimum absolute atomic E-state index is 0.0860. The number of hydrogen-bond acceptors (Lipinski definition) is 5. The number of ether oxygens (including phenoxy) is 2. The highest BCUT2D eigenvalue weighted by atomic mass is 35.5. The molecule has 7 nitrogen and oxygen atoms in total. The number of rotatable bonds is 8. The molecule has 4 aromatic rings. The Morgan fingerprint density at radius 3 is 2.44 bits per heavy atom. The van der Waals surface area contributed by atoms with Crippen molar-refractivity contribution >= 4 is 43.9 Å². The summed E-state index contributed by atoms with van der Waals surface area (Å²) >= 11 is 5.92. The van der Waals surface area contributed by atoms with Crippen molar-refractivity contribution in [3.63, 3.8) is 0 Å². The number of hydrogen-bond donors (Lipinski definition) is 1. The lowest BCUT2D eigenvalue weighted by molar-refractivity contribution is -0.116. The van der Waals surface area contributed by atoms with E-state index < -0.39 is 9.84 Å². The summed E-state index contributed by atoms with van der Waals surface area (Å²) in [7, 11) is -0.637. The average Bonchev–Trinajstić information content (AvgIpc) is 3.19. The van der Waals surface area contributed by atoms with Gasteiger partial charge in [-0.25, -0.2) is 8.42 Å². The van der Waals surface area contributed by atoms with Crippen LogP contribution in [0, 0.1) is 0 Å². The van der Waals surface area contributed by atoms with E-state index in [1.165, 1.54) is 20.4 Å². The number of sulfone groups is 1. The van der Waals surface area contributed by atoms with E-state index in [-0.39, 0.29) is 23.1 Å². The zero-order chi connectivity index (χ0) is 24.3. The molecule has 176 valence electrons. The van der Waals surface area contributed by atoms with Crippen LogP contribution in [0.5, 0.6) is 11.5 Å². The van der Waals surface area contributed by atoms with E-state index in [0.29, 0.717) is 38.7 Å². The Hall–Kier alpha value is -3.49. The Balaban J connectivity index is 1.63. The molecule has 3 aromatic carbocycles. The van der Waals surface area contributed by atoms with Crippen LogP contribution >= 0.6 is 11.6 Å². The molecule has 0 bridgehead atoms. The van der Waals surface area contributed by atoms with Crippen LogP contribution in [-0.2, 0) is 26.9 Å². The molecule has 0 radical (unpaired) electrons. The number of halogens is 1. The van der Waals surface area contributed by atoms with Gasteiger partial charge in [0.05, 0.1) is 30.6 Å². The maximum absolute atomic E-state index is 13.3. The molecule has 9 heteroatoms. The van der Waals surface area contributed by atoms with E-state index in [0.717, 1.165) is 0 Å². The Kier molecular flexibility index (Phi) is 6.81. The number of para-hydroxylation sites is 1. The van der Waals surface area contributed by atoms with Gasteiger partial charge in [-0.2, -0.15) is 0 Å². The van der Waals surface area contributed by atoms with Gasteiger partial charge < -0.3 is 19.4 Å². The molecular weight excluding hydrogens is 476 g/mol. The second-order valence-corrected chi connectivity index (χ2v) is 10.0. The highest BCUT2D eigenvalue weighted by Gasteiger charge is 2.22. The third kappa shape index (κ3) is 5.03. The number of fused-ring (bicyclic) bond motifs is 1. The third-order valence-corrected chi connectivity index (χ3v) is 7.31. The molecule has 0 atom stereocenters. The topological polar surface area (TPSA) is 86.6 Å². The molecule has 1 amide bonds. The normalized spacial score (nSPS) is 11.4. The van der Waals surface area contributed by atoms with Gasteiger partial charge in [-0.1, -0.05) is 41.9 Å². The van der Waals surface area contributed by atoms with Gasteiger partial charge in [-0.15, -0.1) is 0 Å². The lowest BCUT2D eigenvalue weighted by atomic mass is 10.2. The summed E-state index contributed by atoms with van der Waals surface area (Å²) in [4.78, 5) is 13.1. The van der Waals surface area contributed by atoms with E-state index in [2.05, 4.69) is 5.32 Å². The van der Waals surface area contributed by atoms with Crippen molar-refractivity contribution in [1.29, 1.82) is 0 Å². The number of benzene rings is 3. The minimum Gasteiger partial charge on any atom is -0.497 e. The van der Waals surface area contributed by atoms with E-state index in [1.807, 2.05) is 0 Å². The van der Waals surface area contributed by atoms with Gasteiger partial charge in [0.15, 0.2) is 9.84 Å². The fourth-order valence-corrected chi connectivity index (χ4v) is 5.43. The smallest absolute Gasteiger partial charge is 0.244 e. The van der Waals surface area contributed by atoms with E-state index in [1.54, 1.807) is 71.3 Å². The van der Waals surface area contributed by atoms with Gasteiger partial charge in [0.25, 0.3) is 0 Å². The van der Waals surface area contributed by atoms with Crippen LogP contribution in [-0.4, -0.2) is 33.1 Å². The summed E-state index contributed by atoms with van der Waals surface area (Å²) in [5, 5.41) is 3.91. The summed E-state index contributed by atoms with van der Waals surface area (Å²) in [5.74, 6) is 0.538. The molecule has 1 heterocycles. The Morgan fingerprint density at radius 2 is 1.74 bits per heavy atom. The molecule has 0 aliphatic heterocycles. The molecule has 34 heavy (non-hydrogen) atoms. The van der Waals surface area contributed by atoms with Gasteiger partial charge in [0, 0.05) is 28.2 Å². The predicted molar refractivity (Wildman–Crippen MR) is 132 cm³/mol. The monoisotopic (exact) mass is 498 g/mol. The molecule has 1 aromatic heterocycles. The van der Waals surface area contributed by atoms with Crippen molar-refractivity contribution in [3.05, 3.63) is 83.5 Å². The van der Waals surface area contributed by atoms with Crippen LogP contribution in [0.1, 0.15) is 5.56 Å². The van der Waals surface area contributed by atoms with Crippen LogP contribution < -0.4 is 14.8 Å². The summed E-state index contributed by atoms with van der Waals surface area (Å²) in [6.07, 6.45) is 1.51. The van der Waals surface area contributed by atoms with Crippen LogP contribution in [0.2, 0.25) is 5.02 Å². The number of aromatic nitrogens is 1. The molecule has 0 saturated carbocycles. The van der Waals surface area contributed by atoms with Crippen molar-refractivity contribution in [2.75, 3.05) is 19.5 Å². The third-order valence-electron chi connectivity index (χ3n) is 5.35. The second-order valence-electron chi connectivity index (χ2n) is 7.64. The second kappa shape index (κ2) is 9.79. The van der Waals surface area contributed by atoms with Gasteiger partial charge in [-0.3, -0.25) is 4.79 Å². The SMILES string of the molecule is COc1ccc(OC)c(NC(=O)Cn2cc(S(=O)(=O)Cc3ccc(Cl)cc3)c3ccccc32)c1. The van der Waals surface area contributed by atoms with E-state index >= 15 is 0 Å². The predicted octanol–water partition coefficient (Wildman–Crippen LogP) is 4.92. The maximum atomic E-state index is 13.3. The first-order chi connectivity index (χ1) is 16.3. The van der Waals surface area contributed by atoms with Crippen LogP contribution in [0.3, 0.4) is 0 Å². The Morgan fingerprint density at radius 1 is 1.00 bits per heavy atom. The van der Waals surface area contributed by atoms with Gasteiger partial charge >= 0.3 is 0 Å². The quantitative estimate of drug-likeness (QED) is 0.372. The molecule has 0 saturated heterocycles. The number of nitrogens with zero attached hydrogens (tertiary/aromatic N) is 1. The van der Waals surface area contributed by atoms with Crippen molar-refractivity contribution in [2.45, 2.75) is 17.2 Å². The van der Waals surface area contributed by atoms with Crippen LogP contribution in [0.4, 0.5) is 5.69 Å². The Bertz CT molecular complexity index is 1450. The van der Waals surface area contributed by atoms with E-state index in [9.17, 15) is 13.2 Å². The molecule has 0 aliphatic carbocycles. The number of methoxy groups -OCH3 is 2. The molecule has 4 rings (SSSR count). The van der Waals surface area contributed by atoms with Crippen LogP contribution in [0.15, 0.2) is 77.8 Å². The number of anilines is 1. The largest absolute Gasteiger partial charge is 0.497 e. The van der Waals surface area contributed by atoms with Gasteiger partial charge in [0.1, 0.15) is 18.0 Å². The van der Waals surface area contributed by atoms with Crippen molar-refractivity contribution in [1.82, 2.24) is 4.57 Å². The van der Waals surface area contributed by atoms with Gasteiger partial charge in [0.2, 0.25) is 5.91 Å². The molecule has 0 aliphatic rings. The van der Waals surface area contributed by atoms with Crippen molar-refractivity contribution < 1.29 is 22.7 Å². The summed E-state index contributed by atoms with van der Waals surface area (Å²) in [6, 6.07) is 18.9. The number of nitrogens with one attached hydrogen (secondary N) is 1. The minimum atomic E-state index is -3.68. The summed E-state index contributed by atoms with van der Waals surface area (Å²) in [6.45, 7) is -0.0860. The highest BCUT2D eigenvalue weighted by molar-refractivity contribution is 7.90. The molecular formula is C25H23ClN2O5S.